The number of thiol groups is 1. The largest absolute Gasteiger partial charge is 0.370 e. The molecule has 1 saturated heterocycles. The Kier molecular flexibility index (Phi) is 47.8. The standard InChI is InChI=1S/C61H118N32O12S/c62-23-5-3-13-37-50(100)87-38(14-4-6-24-63)51(101)89-40(18-10-28-81-59(71)72)53(103)91-42(20-12-30-83-61(75)76)55(105)93(32-31-77-44(94)21-1-2-22-45(95)84-35(48(98)86-37)15-7-25-78-56(65)66)33-46(96)85-36(16-8-26-79-57(67)68)49(99)88-39(17-9-27-80-58(69)70)52(102)90-41(19-11-29-82-60(73)74)54(104)92-43(34-106)47(64)97/h35-43,106H,1-34,62-63H2,(H2,64,97)(H,77,94)(H,84,95)(H,85,96)(H,86,98)(H,87,100)(H,88,99)(H,89,101)(H,90,102)(H,91,103)(H,92,104)(H4,65,66,78)(H4,67,68,79)(H4,69,70,80)(H4,71,72,81)(H4,73,74,82)(H4,75,76,83)/t35-,36-,37-,38-,39-,40-,41-,42-,43-/m0/s1. The van der Waals surface area contributed by atoms with Crippen LogP contribution in [-0.4, -0.2) is 244 Å². The van der Waals surface area contributed by atoms with Gasteiger partial charge >= 0.3 is 0 Å². The van der Waals surface area contributed by atoms with Gasteiger partial charge in [-0.1, -0.05) is 0 Å². The number of primary amides is 1. The van der Waals surface area contributed by atoms with E-state index in [-0.39, 0.29) is 222 Å². The summed E-state index contributed by atoms with van der Waals surface area (Å²) in [7, 11) is 0. The van der Waals surface area contributed by atoms with E-state index >= 15 is 4.79 Å². The summed E-state index contributed by atoms with van der Waals surface area (Å²) in [6, 6.07) is -12.7. The number of nitrogens with one attached hydrogen (secondary N) is 10. The highest BCUT2D eigenvalue weighted by atomic mass is 32.1. The van der Waals surface area contributed by atoms with Crippen LogP contribution in [0, 0.1) is 0 Å². The quantitative estimate of drug-likeness (QED) is 0.0117. The lowest BCUT2D eigenvalue weighted by Gasteiger charge is -2.30. The van der Waals surface area contributed by atoms with Gasteiger partial charge in [-0.2, -0.15) is 12.6 Å². The molecule has 1 aliphatic rings. The van der Waals surface area contributed by atoms with E-state index in [1.165, 1.54) is 0 Å². The minimum Gasteiger partial charge on any atom is -0.370 e. The first-order chi connectivity index (χ1) is 50.3. The molecule has 0 radical (unpaired) electrons. The fourth-order valence-electron chi connectivity index (χ4n) is 10.4. The van der Waals surface area contributed by atoms with E-state index in [1.54, 1.807) is 0 Å². The van der Waals surface area contributed by atoms with E-state index in [0.29, 0.717) is 19.3 Å². The second-order valence-electron chi connectivity index (χ2n) is 24.8. The highest BCUT2D eigenvalue weighted by Crippen LogP contribution is 2.14. The molecule has 0 aromatic carbocycles. The molecule has 1 fully saturated rings. The number of unbranched alkanes of at least 4 members (excludes halogenated alkanes) is 2. The molecule has 0 bridgehead atoms. The van der Waals surface area contributed by atoms with Crippen LogP contribution in [-0.2, 0) is 57.5 Å². The summed E-state index contributed by atoms with van der Waals surface area (Å²) in [6.45, 7) is -1.38. The topological polar surface area (TPSA) is 793 Å². The Hall–Kier alpha value is -10.5. The van der Waals surface area contributed by atoms with E-state index in [9.17, 15) is 52.7 Å². The van der Waals surface area contributed by atoms with Crippen LogP contribution in [0.4, 0.5) is 0 Å². The minimum atomic E-state index is -1.58. The van der Waals surface area contributed by atoms with Gasteiger partial charge in [-0.05, 0) is 142 Å². The van der Waals surface area contributed by atoms with Crippen LogP contribution in [0.15, 0.2) is 30.0 Å². The van der Waals surface area contributed by atoms with Gasteiger partial charge in [0.15, 0.2) is 35.8 Å². The molecule has 44 nitrogen and oxygen atoms in total. The Morgan fingerprint density at radius 3 is 1.07 bits per heavy atom. The van der Waals surface area contributed by atoms with Crippen molar-refractivity contribution in [1.82, 2.24) is 58.1 Å². The molecule has 45 heteroatoms. The number of nitrogens with two attached hydrogens (primary N) is 15. The lowest BCUT2D eigenvalue weighted by molar-refractivity contribution is -0.141. The lowest BCUT2D eigenvalue weighted by atomic mass is 10.0. The summed E-state index contributed by atoms with van der Waals surface area (Å²) >= 11 is 4.10. The molecule has 1 aliphatic heterocycles. The first kappa shape index (κ1) is 93.5. The molecule has 12 amide bonds. The van der Waals surface area contributed by atoms with Crippen molar-refractivity contribution in [2.45, 2.75) is 196 Å². The molecule has 0 aliphatic carbocycles. The summed E-state index contributed by atoms with van der Waals surface area (Å²) in [5.41, 5.74) is 84.1. The van der Waals surface area contributed by atoms with Gasteiger partial charge in [0.25, 0.3) is 0 Å². The average Bonchev–Trinajstić information content (AvgIpc) is 0.887. The second kappa shape index (κ2) is 54.2. The molecule has 106 heavy (non-hydrogen) atoms. The smallest absolute Gasteiger partial charge is 0.245 e. The van der Waals surface area contributed by atoms with Gasteiger partial charge < -0.3 is 144 Å². The number of aliphatic imine (C=N–C) groups is 6. The Morgan fingerprint density at radius 1 is 0.406 bits per heavy atom. The van der Waals surface area contributed by atoms with Crippen molar-refractivity contribution in [3.05, 3.63) is 0 Å². The molecule has 0 unspecified atom stereocenters. The third-order valence-electron chi connectivity index (χ3n) is 15.9. The number of guanidine groups is 6. The molecule has 0 spiro atoms. The fraction of sp³-hybridized carbons (Fsp3) is 0.705. The van der Waals surface area contributed by atoms with E-state index in [0.717, 1.165) is 4.90 Å². The van der Waals surface area contributed by atoms with Gasteiger partial charge in [0.2, 0.25) is 70.9 Å². The molecule has 600 valence electrons. The molecule has 0 aromatic heterocycles. The zero-order valence-electron chi connectivity index (χ0n) is 60.4. The first-order valence-corrected chi connectivity index (χ1v) is 35.8. The van der Waals surface area contributed by atoms with E-state index in [2.05, 4.69) is 95.8 Å². The average molecular weight is 1520 g/mol. The molecular weight excluding hydrogens is 1400 g/mol. The van der Waals surface area contributed by atoms with Crippen LogP contribution in [0.2, 0.25) is 0 Å². The van der Waals surface area contributed by atoms with Gasteiger partial charge in [-0.3, -0.25) is 87.5 Å². The van der Waals surface area contributed by atoms with Crippen LogP contribution in [0.5, 0.6) is 0 Å². The zero-order chi connectivity index (χ0) is 79.5. The fourth-order valence-corrected chi connectivity index (χ4v) is 10.7. The summed E-state index contributed by atoms with van der Waals surface area (Å²) < 4.78 is 0. The Morgan fingerprint density at radius 2 is 0.717 bits per heavy atom. The van der Waals surface area contributed by atoms with Crippen LogP contribution in [0.1, 0.15) is 141 Å². The maximum atomic E-state index is 15.3. The van der Waals surface area contributed by atoms with Crippen LogP contribution < -0.4 is 139 Å². The number of carbonyl (C=O) groups excluding carboxylic acids is 12. The molecule has 0 aromatic rings. The van der Waals surface area contributed by atoms with Crippen LogP contribution >= 0.6 is 12.6 Å². The van der Waals surface area contributed by atoms with Crippen molar-refractivity contribution in [2.75, 3.05) is 77.7 Å². The lowest BCUT2D eigenvalue weighted by Crippen LogP contribution is -2.60. The summed E-state index contributed by atoms with van der Waals surface area (Å²) in [6.07, 6.45) is 0.975. The molecule has 40 N–H and O–H groups in total. The SMILES string of the molecule is NCCCC[C@@H]1NC(=O)[C@H](CCCN=C(N)N)NC(=O)CCCCC(=O)NCCN(CC(=O)N[C@@H](CCCN=C(N)N)C(=O)N[C@@H](CCCN=C(N)N)C(=O)N[C@@H](CCCN=C(N)N)C(=O)N[C@@H](CS)C(N)=O)C(=O)[C@H](CCCN=C(N)N)NC(=O)[C@H](CCCN=C(N)N)NC(=O)[C@H](CCCCN)NC1=O. The molecule has 1 rings (SSSR count). The Balaban J connectivity index is 4.25. The van der Waals surface area contributed by atoms with Crippen molar-refractivity contribution in [3.8, 4) is 0 Å². The molecule has 1 heterocycles. The zero-order valence-corrected chi connectivity index (χ0v) is 61.3. The first-order valence-electron chi connectivity index (χ1n) is 35.2. The summed E-state index contributed by atoms with van der Waals surface area (Å²) in [5, 5.41) is 26.6. The van der Waals surface area contributed by atoms with Crippen LogP contribution in [0.3, 0.4) is 0 Å². The van der Waals surface area contributed by atoms with E-state index < -0.39 is 138 Å². The van der Waals surface area contributed by atoms with Gasteiger partial charge in [0, 0.05) is 71.0 Å². The van der Waals surface area contributed by atoms with Gasteiger partial charge in [0.05, 0.1) is 6.54 Å². The third kappa shape index (κ3) is 43.0. The highest BCUT2D eigenvalue weighted by molar-refractivity contribution is 7.80. The van der Waals surface area contributed by atoms with Gasteiger partial charge in [-0.25, -0.2) is 0 Å². The number of hydrogen-bond acceptors (Lipinski definition) is 21. The van der Waals surface area contributed by atoms with E-state index in [1.807, 2.05) is 0 Å². The number of amides is 12. The van der Waals surface area contributed by atoms with Crippen LogP contribution in [0.25, 0.3) is 0 Å². The maximum absolute atomic E-state index is 15.3. The van der Waals surface area contributed by atoms with Crippen molar-refractivity contribution in [3.63, 3.8) is 0 Å². The monoisotopic (exact) mass is 1520 g/mol. The Bertz CT molecular complexity index is 2990. The summed E-state index contributed by atoms with van der Waals surface area (Å²) in [5.74, 6) is -12.0. The van der Waals surface area contributed by atoms with Crippen molar-refractivity contribution >= 4 is 119 Å². The van der Waals surface area contributed by atoms with Gasteiger partial charge in [0.1, 0.15) is 54.4 Å². The number of hydrogen-bond donors (Lipinski definition) is 26. The summed E-state index contributed by atoms with van der Waals surface area (Å²) in [4.78, 5) is 195. The number of carbonyl (C=O) groups is 12. The highest BCUT2D eigenvalue weighted by Gasteiger charge is 2.36. The van der Waals surface area contributed by atoms with E-state index in [4.69, 9.17) is 86.0 Å². The maximum Gasteiger partial charge on any atom is 0.245 e. The number of rotatable bonds is 43. The minimum absolute atomic E-state index is 0.00746. The second-order valence-corrected chi connectivity index (χ2v) is 25.2. The predicted octanol–water partition coefficient (Wildman–Crippen LogP) is -11.1. The third-order valence-corrected chi connectivity index (χ3v) is 16.3. The molecular formula is C61H118N32O12S. The van der Waals surface area contributed by atoms with Crippen molar-refractivity contribution < 1.29 is 57.5 Å². The molecule has 0 saturated carbocycles. The van der Waals surface area contributed by atoms with Crippen molar-refractivity contribution in [2.24, 2.45) is 116 Å². The van der Waals surface area contributed by atoms with Gasteiger partial charge in [-0.15, -0.1) is 0 Å². The number of nitrogens with zero attached hydrogens (tertiary/aromatic N) is 7. The Labute approximate surface area is 621 Å². The van der Waals surface area contributed by atoms with Crippen molar-refractivity contribution in [1.29, 1.82) is 0 Å². The normalized spacial score (nSPS) is 18.5. The molecule has 9 atom stereocenters. The predicted molar refractivity (Wildman–Crippen MR) is 404 cm³/mol.